The SMILES string of the molecule is c1cc2[nH]ncc2cc1O[C@H]1CC[C@H](NC2CCCC2)CC1. The molecule has 0 radical (unpaired) electrons. The average Bonchev–Trinajstić information content (AvgIpc) is 3.20. The molecule has 4 nitrogen and oxygen atoms in total. The number of aromatic amines is 1. The maximum atomic E-state index is 6.18. The molecule has 2 saturated carbocycles. The molecular formula is C18H25N3O. The van der Waals surface area contributed by atoms with Crippen molar-refractivity contribution in [2.45, 2.75) is 69.6 Å². The largest absolute Gasteiger partial charge is 0.490 e. The van der Waals surface area contributed by atoms with E-state index in [1.807, 2.05) is 18.3 Å². The smallest absolute Gasteiger partial charge is 0.120 e. The van der Waals surface area contributed by atoms with E-state index < -0.39 is 0 Å². The third-order valence-corrected chi connectivity index (χ3v) is 5.22. The molecule has 0 aliphatic heterocycles. The summed E-state index contributed by atoms with van der Waals surface area (Å²) in [6.07, 6.45) is 12.6. The monoisotopic (exact) mass is 299 g/mol. The highest BCUT2D eigenvalue weighted by atomic mass is 16.5. The van der Waals surface area contributed by atoms with Gasteiger partial charge in [-0.1, -0.05) is 12.8 Å². The Kier molecular flexibility index (Phi) is 4.02. The maximum Gasteiger partial charge on any atom is 0.120 e. The Morgan fingerprint density at radius 1 is 1.00 bits per heavy atom. The van der Waals surface area contributed by atoms with Crippen LogP contribution in [-0.4, -0.2) is 28.4 Å². The highest BCUT2D eigenvalue weighted by Gasteiger charge is 2.25. The van der Waals surface area contributed by atoms with Crippen LogP contribution < -0.4 is 10.1 Å². The van der Waals surface area contributed by atoms with E-state index in [1.54, 1.807) is 0 Å². The summed E-state index contributed by atoms with van der Waals surface area (Å²) < 4.78 is 6.18. The number of benzene rings is 1. The first-order chi connectivity index (χ1) is 10.9. The van der Waals surface area contributed by atoms with Crippen molar-refractivity contribution in [2.24, 2.45) is 0 Å². The van der Waals surface area contributed by atoms with E-state index in [9.17, 15) is 0 Å². The Hall–Kier alpha value is -1.55. The van der Waals surface area contributed by atoms with E-state index in [-0.39, 0.29) is 0 Å². The molecule has 2 aliphatic carbocycles. The number of nitrogens with zero attached hydrogens (tertiary/aromatic N) is 1. The summed E-state index contributed by atoms with van der Waals surface area (Å²) in [4.78, 5) is 0. The fourth-order valence-electron chi connectivity index (χ4n) is 3.96. The average molecular weight is 299 g/mol. The second-order valence-electron chi connectivity index (χ2n) is 6.86. The second kappa shape index (κ2) is 6.29. The lowest BCUT2D eigenvalue weighted by atomic mass is 9.92. The van der Waals surface area contributed by atoms with E-state index in [2.05, 4.69) is 21.6 Å². The second-order valence-corrected chi connectivity index (χ2v) is 6.86. The fourth-order valence-corrected chi connectivity index (χ4v) is 3.96. The zero-order valence-electron chi connectivity index (χ0n) is 13.1. The summed E-state index contributed by atoms with van der Waals surface area (Å²) in [5.74, 6) is 0.973. The molecule has 0 spiro atoms. The van der Waals surface area contributed by atoms with E-state index in [1.165, 1.54) is 38.5 Å². The van der Waals surface area contributed by atoms with Gasteiger partial charge in [0.2, 0.25) is 0 Å². The van der Waals surface area contributed by atoms with Crippen LogP contribution in [0.2, 0.25) is 0 Å². The molecule has 1 aromatic heterocycles. The van der Waals surface area contributed by atoms with Crippen LogP contribution in [0.5, 0.6) is 5.75 Å². The number of ether oxygens (including phenoxy) is 1. The standard InChI is InChI=1S/C18H25N3O/c1-2-4-14(3-1)20-15-5-7-16(8-6-15)22-17-9-10-18-13(11-17)12-19-21-18/h9-12,14-16,20H,1-8H2,(H,19,21)/t15-,16-. The van der Waals surface area contributed by atoms with Gasteiger partial charge < -0.3 is 10.1 Å². The van der Waals surface area contributed by atoms with Gasteiger partial charge in [0.15, 0.2) is 0 Å². The molecule has 2 aliphatic rings. The zero-order chi connectivity index (χ0) is 14.8. The summed E-state index contributed by atoms with van der Waals surface area (Å²) in [6.45, 7) is 0. The van der Waals surface area contributed by atoms with Crippen LogP contribution in [0, 0.1) is 0 Å². The van der Waals surface area contributed by atoms with Gasteiger partial charge in [-0.25, -0.2) is 0 Å². The number of nitrogens with one attached hydrogen (secondary N) is 2. The minimum atomic E-state index is 0.367. The summed E-state index contributed by atoms with van der Waals surface area (Å²) in [6, 6.07) is 7.67. The molecule has 118 valence electrons. The fraction of sp³-hybridized carbons (Fsp3) is 0.611. The first-order valence-corrected chi connectivity index (χ1v) is 8.73. The van der Waals surface area contributed by atoms with Gasteiger partial charge in [-0.3, -0.25) is 5.10 Å². The molecule has 1 aromatic carbocycles. The predicted molar refractivity (Wildman–Crippen MR) is 88.2 cm³/mol. The van der Waals surface area contributed by atoms with Gasteiger partial charge in [0.1, 0.15) is 5.75 Å². The first kappa shape index (κ1) is 14.1. The van der Waals surface area contributed by atoms with E-state index in [0.717, 1.165) is 35.5 Å². The lowest BCUT2D eigenvalue weighted by molar-refractivity contribution is 0.137. The number of H-pyrrole nitrogens is 1. The molecule has 2 aromatic rings. The van der Waals surface area contributed by atoms with E-state index >= 15 is 0 Å². The van der Waals surface area contributed by atoms with Gasteiger partial charge in [-0.05, 0) is 56.7 Å². The van der Waals surface area contributed by atoms with Gasteiger partial charge in [0.25, 0.3) is 0 Å². The molecule has 0 atom stereocenters. The minimum absolute atomic E-state index is 0.367. The maximum absolute atomic E-state index is 6.18. The zero-order valence-corrected chi connectivity index (χ0v) is 13.1. The highest BCUT2D eigenvalue weighted by Crippen LogP contribution is 2.27. The van der Waals surface area contributed by atoms with Crippen molar-refractivity contribution in [3.8, 4) is 5.75 Å². The van der Waals surface area contributed by atoms with Crippen LogP contribution in [0.4, 0.5) is 0 Å². The molecule has 0 unspecified atom stereocenters. The molecule has 1 heterocycles. The van der Waals surface area contributed by atoms with Crippen LogP contribution in [-0.2, 0) is 0 Å². The van der Waals surface area contributed by atoms with Crippen LogP contribution in [0.3, 0.4) is 0 Å². The molecule has 0 saturated heterocycles. The Morgan fingerprint density at radius 2 is 1.77 bits per heavy atom. The minimum Gasteiger partial charge on any atom is -0.490 e. The molecule has 22 heavy (non-hydrogen) atoms. The normalized spacial score (nSPS) is 26.5. The van der Waals surface area contributed by atoms with Crippen molar-refractivity contribution in [1.29, 1.82) is 0 Å². The van der Waals surface area contributed by atoms with Crippen molar-refractivity contribution in [1.82, 2.24) is 15.5 Å². The summed E-state index contributed by atoms with van der Waals surface area (Å²) in [5.41, 5.74) is 1.07. The lowest BCUT2D eigenvalue weighted by Gasteiger charge is -2.31. The first-order valence-electron chi connectivity index (χ1n) is 8.73. The van der Waals surface area contributed by atoms with Crippen LogP contribution >= 0.6 is 0 Å². The van der Waals surface area contributed by atoms with Gasteiger partial charge in [0, 0.05) is 17.5 Å². The van der Waals surface area contributed by atoms with Gasteiger partial charge in [-0.15, -0.1) is 0 Å². The van der Waals surface area contributed by atoms with Gasteiger partial charge in [-0.2, -0.15) is 5.10 Å². The molecule has 0 bridgehead atoms. The van der Waals surface area contributed by atoms with Crippen molar-refractivity contribution < 1.29 is 4.74 Å². The third kappa shape index (κ3) is 3.12. The van der Waals surface area contributed by atoms with E-state index in [0.29, 0.717) is 12.1 Å². The Labute approximate surface area is 131 Å². The van der Waals surface area contributed by atoms with Gasteiger partial charge >= 0.3 is 0 Å². The summed E-state index contributed by atoms with van der Waals surface area (Å²) in [5, 5.41) is 12.0. The molecule has 2 N–H and O–H groups in total. The summed E-state index contributed by atoms with van der Waals surface area (Å²) >= 11 is 0. The van der Waals surface area contributed by atoms with Crippen LogP contribution in [0.25, 0.3) is 10.9 Å². The number of hydrogen-bond donors (Lipinski definition) is 2. The number of hydrogen-bond acceptors (Lipinski definition) is 3. The summed E-state index contributed by atoms with van der Waals surface area (Å²) in [7, 11) is 0. The number of rotatable bonds is 4. The van der Waals surface area contributed by atoms with Crippen molar-refractivity contribution >= 4 is 10.9 Å². The van der Waals surface area contributed by atoms with Crippen molar-refractivity contribution in [3.05, 3.63) is 24.4 Å². The van der Waals surface area contributed by atoms with E-state index in [4.69, 9.17) is 4.74 Å². The quantitative estimate of drug-likeness (QED) is 0.903. The van der Waals surface area contributed by atoms with Crippen LogP contribution in [0.15, 0.2) is 24.4 Å². The Bertz CT molecular complexity index is 610. The highest BCUT2D eigenvalue weighted by molar-refractivity contribution is 5.79. The Morgan fingerprint density at radius 3 is 2.59 bits per heavy atom. The van der Waals surface area contributed by atoms with Crippen LogP contribution in [0.1, 0.15) is 51.4 Å². The third-order valence-electron chi connectivity index (χ3n) is 5.22. The topological polar surface area (TPSA) is 49.9 Å². The molecule has 2 fully saturated rings. The molecule has 4 heteroatoms. The predicted octanol–water partition coefficient (Wildman–Crippen LogP) is 3.79. The number of aromatic nitrogens is 2. The molecule has 0 amide bonds. The lowest BCUT2D eigenvalue weighted by Crippen LogP contribution is -2.40. The van der Waals surface area contributed by atoms with Crippen molar-refractivity contribution in [3.63, 3.8) is 0 Å². The number of fused-ring (bicyclic) bond motifs is 1. The van der Waals surface area contributed by atoms with Gasteiger partial charge in [0.05, 0.1) is 17.8 Å². The molecular weight excluding hydrogens is 274 g/mol. The Balaban J connectivity index is 1.29. The molecule has 4 rings (SSSR count). The van der Waals surface area contributed by atoms with Crippen molar-refractivity contribution in [2.75, 3.05) is 0 Å².